The van der Waals surface area contributed by atoms with Gasteiger partial charge in [-0.25, -0.2) is 0 Å². The summed E-state index contributed by atoms with van der Waals surface area (Å²) < 4.78 is 5.10. The fourth-order valence-corrected chi connectivity index (χ4v) is 3.83. The second-order valence-corrected chi connectivity index (χ2v) is 7.23. The molecule has 1 N–H and O–H groups in total. The maximum absolute atomic E-state index is 13.0. The summed E-state index contributed by atoms with van der Waals surface area (Å²) >= 11 is 1.29. The van der Waals surface area contributed by atoms with Crippen molar-refractivity contribution in [3.05, 3.63) is 76.6 Å². The molecule has 0 aliphatic carbocycles. The minimum absolute atomic E-state index is 0.00516. The van der Waals surface area contributed by atoms with Crippen LogP contribution in [-0.4, -0.2) is 29.8 Å². The zero-order valence-electron chi connectivity index (χ0n) is 15.4. The Labute approximate surface area is 162 Å². The number of benzene rings is 1. The normalized spacial score (nSPS) is 10.6. The standard InChI is InChI=1S/C21H22N2O3S/c1-3-23(12-11-16-8-5-4-6-9-16)21(25)19-15(2)14-18(27-19)22-20(24)17-10-7-13-26-17/h4-10,13-14H,3,11-12H2,1-2H3,(H,22,24). The zero-order valence-corrected chi connectivity index (χ0v) is 16.2. The molecule has 0 saturated carbocycles. The molecule has 2 heterocycles. The van der Waals surface area contributed by atoms with Crippen LogP contribution in [0.25, 0.3) is 0 Å². The first kappa shape index (κ1) is 18.9. The molecule has 1 aromatic carbocycles. The smallest absolute Gasteiger partial charge is 0.291 e. The number of hydrogen-bond donors (Lipinski definition) is 1. The molecule has 2 amide bonds. The lowest BCUT2D eigenvalue weighted by Gasteiger charge is -2.20. The summed E-state index contributed by atoms with van der Waals surface area (Å²) in [4.78, 5) is 27.6. The molecule has 27 heavy (non-hydrogen) atoms. The van der Waals surface area contributed by atoms with Crippen LogP contribution >= 0.6 is 11.3 Å². The number of thiophene rings is 1. The molecule has 6 heteroatoms. The molecule has 0 fully saturated rings. The number of anilines is 1. The number of carbonyl (C=O) groups excluding carboxylic acids is 2. The van der Waals surface area contributed by atoms with E-state index in [4.69, 9.17) is 4.42 Å². The van der Waals surface area contributed by atoms with Gasteiger partial charge in [0.1, 0.15) is 0 Å². The van der Waals surface area contributed by atoms with Crippen LogP contribution in [0.1, 0.15) is 38.3 Å². The predicted molar refractivity (Wildman–Crippen MR) is 107 cm³/mol. The van der Waals surface area contributed by atoms with Crippen LogP contribution in [0.4, 0.5) is 5.00 Å². The quantitative estimate of drug-likeness (QED) is 0.649. The highest BCUT2D eigenvalue weighted by Gasteiger charge is 2.20. The number of nitrogens with one attached hydrogen (secondary N) is 1. The zero-order chi connectivity index (χ0) is 19.2. The summed E-state index contributed by atoms with van der Waals surface area (Å²) in [6.07, 6.45) is 2.27. The molecule has 3 aromatic rings. The SMILES string of the molecule is CCN(CCc1ccccc1)C(=O)c1sc(NC(=O)c2ccco2)cc1C. The van der Waals surface area contributed by atoms with E-state index >= 15 is 0 Å². The number of furan rings is 1. The summed E-state index contributed by atoms with van der Waals surface area (Å²) in [6, 6.07) is 15.2. The highest BCUT2D eigenvalue weighted by molar-refractivity contribution is 7.18. The molecule has 5 nitrogen and oxygen atoms in total. The second-order valence-electron chi connectivity index (χ2n) is 6.17. The third-order valence-corrected chi connectivity index (χ3v) is 5.42. The van der Waals surface area contributed by atoms with E-state index in [0.29, 0.717) is 23.0 Å². The van der Waals surface area contributed by atoms with E-state index in [-0.39, 0.29) is 17.6 Å². The first-order chi connectivity index (χ1) is 13.1. The maximum Gasteiger partial charge on any atom is 0.291 e. The molecular formula is C21H22N2O3S. The molecule has 0 bridgehead atoms. The highest BCUT2D eigenvalue weighted by atomic mass is 32.1. The van der Waals surface area contributed by atoms with Crippen molar-refractivity contribution in [2.24, 2.45) is 0 Å². The van der Waals surface area contributed by atoms with Crippen molar-refractivity contribution < 1.29 is 14.0 Å². The van der Waals surface area contributed by atoms with Gasteiger partial charge in [-0.2, -0.15) is 0 Å². The van der Waals surface area contributed by atoms with E-state index < -0.39 is 0 Å². The fraction of sp³-hybridized carbons (Fsp3) is 0.238. The topological polar surface area (TPSA) is 62.6 Å². The third kappa shape index (κ3) is 4.65. The average Bonchev–Trinajstić information content (AvgIpc) is 3.33. The van der Waals surface area contributed by atoms with E-state index in [1.165, 1.54) is 23.2 Å². The van der Waals surface area contributed by atoms with E-state index in [9.17, 15) is 9.59 Å². The Morgan fingerprint density at radius 3 is 2.59 bits per heavy atom. The largest absolute Gasteiger partial charge is 0.459 e. The number of hydrogen-bond acceptors (Lipinski definition) is 4. The lowest BCUT2D eigenvalue weighted by atomic mass is 10.1. The van der Waals surface area contributed by atoms with Gasteiger partial charge in [0.2, 0.25) is 0 Å². The van der Waals surface area contributed by atoms with E-state index in [1.807, 2.05) is 43.0 Å². The molecule has 0 atom stereocenters. The predicted octanol–water partition coefficient (Wildman–Crippen LogP) is 4.61. The van der Waals surface area contributed by atoms with Crippen LogP contribution in [-0.2, 0) is 6.42 Å². The van der Waals surface area contributed by atoms with Crippen molar-refractivity contribution in [2.75, 3.05) is 18.4 Å². The van der Waals surface area contributed by atoms with Crippen LogP contribution in [0.15, 0.2) is 59.2 Å². The van der Waals surface area contributed by atoms with Crippen LogP contribution in [0.3, 0.4) is 0 Å². The lowest BCUT2D eigenvalue weighted by Crippen LogP contribution is -2.32. The Bertz CT molecular complexity index is 901. The van der Waals surface area contributed by atoms with Gasteiger partial charge in [-0.3, -0.25) is 9.59 Å². The van der Waals surface area contributed by atoms with Crippen molar-refractivity contribution in [3.63, 3.8) is 0 Å². The number of nitrogens with zero attached hydrogens (tertiary/aromatic N) is 1. The van der Waals surface area contributed by atoms with Gasteiger partial charge in [0.05, 0.1) is 16.1 Å². The highest BCUT2D eigenvalue weighted by Crippen LogP contribution is 2.28. The van der Waals surface area contributed by atoms with Gasteiger partial charge in [-0.05, 0) is 49.6 Å². The van der Waals surface area contributed by atoms with Crippen molar-refractivity contribution in [1.29, 1.82) is 0 Å². The molecule has 0 aliphatic heterocycles. The van der Waals surface area contributed by atoms with Gasteiger partial charge in [-0.15, -0.1) is 11.3 Å². The minimum Gasteiger partial charge on any atom is -0.459 e. The van der Waals surface area contributed by atoms with Crippen molar-refractivity contribution in [3.8, 4) is 0 Å². The molecule has 3 rings (SSSR count). The van der Waals surface area contributed by atoms with Crippen LogP contribution in [0.5, 0.6) is 0 Å². The van der Waals surface area contributed by atoms with Crippen LogP contribution in [0, 0.1) is 6.92 Å². The van der Waals surface area contributed by atoms with Crippen molar-refractivity contribution >= 4 is 28.2 Å². The average molecular weight is 382 g/mol. The van der Waals surface area contributed by atoms with Gasteiger partial charge < -0.3 is 14.6 Å². The fourth-order valence-electron chi connectivity index (χ4n) is 2.79. The molecular weight excluding hydrogens is 360 g/mol. The summed E-state index contributed by atoms with van der Waals surface area (Å²) in [5.74, 6) is -0.0851. The van der Waals surface area contributed by atoms with Gasteiger partial charge in [0, 0.05) is 13.1 Å². The summed E-state index contributed by atoms with van der Waals surface area (Å²) in [5, 5.41) is 3.43. The van der Waals surface area contributed by atoms with Crippen LogP contribution in [0.2, 0.25) is 0 Å². The van der Waals surface area contributed by atoms with Crippen molar-refractivity contribution in [1.82, 2.24) is 4.90 Å². The number of carbonyl (C=O) groups is 2. The number of aryl methyl sites for hydroxylation is 1. The van der Waals surface area contributed by atoms with Gasteiger partial charge >= 0.3 is 0 Å². The number of likely N-dealkylation sites (N-methyl/N-ethyl adjacent to an activating group) is 1. The first-order valence-electron chi connectivity index (χ1n) is 8.87. The second kappa shape index (κ2) is 8.68. The number of rotatable bonds is 7. The molecule has 0 spiro atoms. The van der Waals surface area contributed by atoms with Crippen LogP contribution < -0.4 is 5.32 Å². The van der Waals surface area contributed by atoms with E-state index in [2.05, 4.69) is 17.4 Å². The molecule has 0 radical (unpaired) electrons. The Balaban J connectivity index is 1.67. The number of amides is 2. The Hall–Kier alpha value is -2.86. The summed E-state index contributed by atoms with van der Waals surface area (Å²) in [6.45, 7) is 5.16. The molecule has 0 unspecified atom stereocenters. The molecule has 0 aliphatic rings. The Kier molecular flexibility index (Phi) is 6.08. The van der Waals surface area contributed by atoms with E-state index in [0.717, 1.165) is 12.0 Å². The summed E-state index contributed by atoms with van der Waals surface area (Å²) in [7, 11) is 0. The first-order valence-corrected chi connectivity index (χ1v) is 9.68. The summed E-state index contributed by atoms with van der Waals surface area (Å²) in [5.41, 5.74) is 2.07. The lowest BCUT2D eigenvalue weighted by molar-refractivity contribution is 0.0770. The van der Waals surface area contributed by atoms with Gasteiger partial charge in [0.15, 0.2) is 5.76 Å². The molecule has 2 aromatic heterocycles. The Morgan fingerprint density at radius 1 is 1.15 bits per heavy atom. The third-order valence-electron chi connectivity index (χ3n) is 4.28. The van der Waals surface area contributed by atoms with E-state index in [1.54, 1.807) is 12.1 Å². The van der Waals surface area contributed by atoms with Crippen molar-refractivity contribution in [2.45, 2.75) is 20.3 Å². The van der Waals surface area contributed by atoms with Gasteiger partial charge in [0.25, 0.3) is 11.8 Å². The monoisotopic (exact) mass is 382 g/mol. The molecule has 140 valence electrons. The van der Waals surface area contributed by atoms with Gasteiger partial charge in [-0.1, -0.05) is 30.3 Å². The maximum atomic E-state index is 13.0. The molecule has 0 saturated heterocycles. The minimum atomic E-state index is -0.323. The Morgan fingerprint density at radius 2 is 1.93 bits per heavy atom.